The van der Waals surface area contributed by atoms with E-state index in [-0.39, 0.29) is 5.56 Å². The predicted octanol–water partition coefficient (Wildman–Crippen LogP) is 1.60. The van der Waals surface area contributed by atoms with Crippen molar-refractivity contribution in [3.05, 3.63) is 52.4 Å². The number of aromatic nitrogens is 3. The van der Waals surface area contributed by atoms with Crippen LogP contribution < -0.4 is 15.8 Å². The van der Waals surface area contributed by atoms with Gasteiger partial charge in [-0.3, -0.25) is 4.79 Å². The quantitative estimate of drug-likeness (QED) is 0.776. The molecule has 0 saturated carbocycles. The molecule has 24 heavy (non-hydrogen) atoms. The second-order valence-corrected chi connectivity index (χ2v) is 6.42. The van der Waals surface area contributed by atoms with E-state index in [0.29, 0.717) is 16.6 Å². The van der Waals surface area contributed by atoms with Crippen molar-refractivity contribution in [2.75, 3.05) is 36.5 Å². The lowest BCUT2D eigenvalue weighted by Gasteiger charge is -2.30. The Bertz CT molecular complexity index is 901. The molecule has 0 unspecified atom stereocenters. The predicted molar refractivity (Wildman–Crippen MR) is 93.9 cm³/mol. The standard InChI is InChI=1S/C16H17N5O2S/c22-14-5-6-17-16-21(14)19-15(24-16)18-11-12-3-1-2-4-13(12)20-7-9-23-10-8-20/h1-6H,7-11H2,(H,18,19). The lowest BCUT2D eigenvalue weighted by Crippen LogP contribution is -2.36. The molecule has 4 rings (SSSR count). The molecule has 3 aromatic rings. The average molecular weight is 343 g/mol. The number of para-hydroxylation sites is 1. The molecule has 1 saturated heterocycles. The fraction of sp³-hybridized carbons (Fsp3) is 0.312. The summed E-state index contributed by atoms with van der Waals surface area (Å²) in [6.45, 7) is 3.96. The third-order valence-electron chi connectivity index (χ3n) is 3.94. The van der Waals surface area contributed by atoms with Crippen LogP contribution in [0.4, 0.5) is 10.8 Å². The average Bonchev–Trinajstić information content (AvgIpc) is 3.06. The molecule has 1 aromatic carbocycles. The van der Waals surface area contributed by atoms with Crippen molar-refractivity contribution in [3.8, 4) is 0 Å². The number of fused-ring (bicyclic) bond motifs is 1. The molecule has 0 atom stereocenters. The lowest BCUT2D eigenvalue weighted by atomic mass is 10.1. The molecule has 1 N–H and O–H groups in total. The Labute approximate surface area is 142 Å². The van der Waals surface area contributed by atoms with Crippen molar-refractivity contribution < 1.29 is 4.74 Å². The van der Waals surface area contributed by atoms with Crippen molar-refractivity contribution in [2.24, 2.45) is 0 Å². The maximum absolute atomic E-state index is 11.7. The van der Waals surface area contributed by atoms with Gasteiger partial charge in [0.15, 0.2) is 0 Å². The first-order valence-corrected chi connectivity index (χ1v) is 8.62. The summed E-state index contributed by atoms with van der Waals surface area (Å²) in [5.74, 6) is 0. The molecule has 3 heterocycles. The van der Waals surface area contributed by atoms with Gasteiger partial charge >= 0.3 is 0 Å². The van der Waals surface area contributed by atoms with Crippen molar-refractivity contribution in [1.82, 2.24) is 14.6 Å². The SMILES string of the molecule is O=c1ccnc2sc(NCc3ccccc3N3CCOCC3)nn12. The Kier molecular flexibility index (Phi) is 4.14. The number of nitrogens with one attached hydrogen (secondary N) is 1. The van der Waals surface area contributed by atoms with Crippen LogP contribution in [0.15, 0.2) is 41.3 Å². The van der Waals surface area contributed by atoms with Crippen LogP contribution in [0.1, 0.15) is 5.56 Å². The van der Waals surface area contributed by atoms with Gasteiger partial charge in [-0.2, -0.15) is 4.52 Å². The lowest BCUT2D eigenvalue weighted by molar-refractivity contribution is 0.122. The molecule has 2 aromatic heterocycles. The van der Waals surface area contributed by atoms with Crippen LogP contribution >= 0.6 is 11.3 Å². The van der Waals surface area contributed by atoms with Crippen molar-refractivity contribution in [1.29, 1.82) is 0 Å². The summed E-state index contributed by atoms with van der Waals surface area (Å²) in [5.41, 5.74) is 2.24. The number of ether oxygens (including phenoxy) is 1. The second-order valence-electron chi connectivity index (χ2n) is 5.47. The number of anilines is 2. The molecule has 0 aliphatic carbocycles. The number of benzene rings is 1. The Hall–Kier alpha value is -2.45. The van der Waals surface area contributed by atoms with Crippen LogP contribution in [0.3, 0.4) is 0 Å². The fourth-order valence-electron chi connectivity index (χ4n) is 2.76. The van der Waals surface area contributed by atoms with E-state index in [1.807, 2.05) is 6.07 Å². The summed E-state index contributed by atoms with van der Waals surface area (Å²) >= 11 is 1.37. The van der Waals surface area contributed by atoms with Crippen LogP contribution in [0.5, 0.6) is 0 Å². The molecule has 8 heteroatoms. The molecule has 0 spiro atoms. The van der Waals surface area contributed by atoms with Gasteiger partial charge < -0.3 is 15.0 Å². The first-order chi connectivity index (χ1) is 11.8. The van der Waals surface area contributed by atoms with Crippen LogP contribution in [0, 0.1) is 0 Å². The Morgan fingerprint density at radius 3 is 2.88 bits per heavy atom. The minimum atomic E-state index is -0.169. The molecule has 0 radical (unpaired) electrons. The van der Waals surface area contributed by atoms with E-state index in [0.717, 1.165) is 26.3 Å². The van der Waals surface area contributed by atoms with Crippen molar-refractivity contribution in [2.45, 2.75) is 6.54 Å². The first-order valence-electron chi connectivity index (χ1n) is 7.80. The monoisotopic (exact) mass is 343 g/mol. The maximum atomic E-state index is 11.7. The van der Waals surface area contributed by atoms with Crippen molar-refractivity contribution >= 4 is 27.1 Å². The van der Waals surface area contributed by atoms with Crippen molar-refractivity contribution in [3.63, 3.8) is 0 Å². The molecule has 7 nitrogen and oxygen atoms in total. The minimum absolute atomic E-state index is 0.169. The van der Waals surface area contributed by atoms with Gasteiger partial charge in [0.25, 0.3) is 5.56 Å². The third kappa shape index (κ3) is 2.98. The highest BCUT2D eigenvalue weighted by Crippen LogP contribution is 2.23. The summed E-state index contributed by atoms with van der Waals surface area (Å²) in [6.07, 6.45) is 1.51. The number of morpholine rings is 1. The zero-order valence-corrected chi connectivity index (χ0v) is 13.8. The second kappa shape index (κ2) is 6.58. The minimum Gasteiger partial charge on any atom is -0.378 e. The molecular formula is C16H17N5O2S. The first kappa shape index (κ1) is 15.1. The van der Waals surface area contributed by atoms with Gasteiger partial charge in [-0.05, 0) is 11.6 Å². The van der Waals surface area contributed by atoms with Crippen LogP contribution in [-0.4, -0.2) is 40.9 Å². The Morgan fingerprint density at radius 1 is 1.21 bits per heavy atom. The van der Waals surface area contributed by atoms with E-state index in [9.17, 15) is 4.79 Å². The van der Waals surface area contributed by atoms with Crippen LogP contribution in [0.2, 0.25) is 0 Å². The van der Waals surface area contributed by atoms with Crippen LogP contribution in [0.25, 0.3) is 4.96 Å². The van der Waals surface area contributed by atoms with Gasteiger partial charge in [-0.25, -0.2) is 4.98 Å². The molecule has 0 amide bonds. The Morgan fingerprint density at radius 2 is 2.04 bits per heavy atom. The summed E-state index contributed by atoms with van der Waals surface area (Å²) in [7, 11) is 0. The number of rotatable bonds is 4. The largest absolute Gasteiger partial charge is 0.378 e. The zero-order valence-electron chi connectivity index (χ0n) is 13.0. The van der Waals surface area contributed by atoms with E-state index in [1.165, 1.54) is 39.4 Å². The molecule has 0 bridgehead atoms. The fourth-order valence-corrected chi connectivity index (χ4v) is 3.53. The molecular weight excluding hydrogens is 326 g/mol. The highest BCUT2D eigenvalue weighted by molar-refractivity contribution is 7.20. The zero-order chi connectivity index (χ0) is 16.4. The van der Waals surface area contributed by atoms with E-state index in [2.05, 4.69) is 38.5 Å². The summed E-state index contributed by atoms with van der Waals surface area (Å²) in [5, 5.41) is 8.27. The van der Waals surface area contributed by atoms with E-state index in [1.54, 1.807) is 0 Å². The normalized spacial score (nSPS) is 14.9. The maximum Gasteiger partial charge on any atom is 0.275 e. The van der Waals surface area contributed by atoms with Gasteiger partial charge in [0.2, 0.25) is 10.1 Å². The third-order valence-corrected chi connectivity index (χ3v) is 4.82. The topological polar surface area (TPSA) is 71.8 Å². The Balaban J connectivity index is 1.54. The van der Waals surface area contributed by atoms with Gasteiger partial charge in [-0.15, -0.1) is 5.10 Å². The van der Waals surface area contributed by atoms with Gasteiger partial charge in [0.05, 0.1) is 13.2 Å². The highest BCUT2D eigenvalue weighted by atomic mass is 32.1. The van der Waals surface area contributed by atoms with E-state index < -0.39 is 0 Å². The molecule has 124 valence electrons. The summed E-state index contributed by atoms with van der Waals surface area (Å²) in [6, 6.07) is 9.73. The van der Waals surface area contributed by atoms with Gasteiger partial charge in [-0.1, -0.05) is 29.5 Å². The van der Waals surface area contributed by atoms with E-state index in [4.69, 9.17) is 4.74 Å². The molecule has 1 aliphatic rings. The molecule has 1 fully saturated rings. The number of hydrogen-bond acceptors (Lipinski definition) is 7. The summed E-state index contributed by atoms with van der Waals surface area (Å²) in [4.78, 5) is 18.8. The highest BCUT2D eigenvalue weighted by Gasteiger charge is 2.14. The van der Waals surface area contributed by atoms with Gasteiger partial charge in [0.1, 0.15) is 0 Å². The summed E-state index contributed by atoms with van der Waals surface area (Å²) < 4.78 is 6.75. The number of hydrogen-bond donors (Lipinski definition) is 1. The molecule has 1 aliphatic heterocycles. The van der Waals surface area contributed by atoms with E-state index >= 15 is 0 Å². The van der Waals surface area contributed by atoms with Gasteiger partial charge in [0, 0.05) is 37.6 Å². The van der Waals surface area contributed by atoms with Crippen LogP contribution in [-0.2, 0) is 11.3 Å². The smallest absolute Gasteiger partial charge is 0.275 e. The number of nitrogens with zero attached hydrogens (tertiary/aromatic N) is 4.